The van der Waals surface area contributed by atoms with E-state index in [0.717, 1.165) is 0 Å². The normalized spacial score (nSPS) is 12.3. The van der Waals surface area contributed by atoms with Gasteiger partial charge >= 0.3 is 5.97 Å². The summed E-state index contributed by atoms with van der Waals surface area (Å²) in [6, 6.07) is 6.39. The van der Waals surface area contributed by atoms with Crippen LogP contribution < -0.4 is 0 Å². The Hall–Kier alpha value is -1.47. The van der Waals surface area contributed by atoms with Crippen LogP contribution in [0.2, 0.25) is 0 Å². The molecule has 0 bridgehead atoms. The lowest BCUT2D eigenvalue weighted by Gasteiger charge is -2.05. The summed E-state index contributed by atoms with van der Waals surface area (Å²) in [6.07, 6.45) is 1.76. The Bertz CT molecular complexity index is 654. The van der Waals surface area contributed by atoms with Gasteiger partial charge in [-0.15, -0.1) is 0 Å². The molecule has 2 aromatic rings. The number of benzene rings is 1. The minimum absolute atomic E-state index is 0.0532. The molecule has 0 amide bonds. The molecule has 1 N–H and O–H groups in total. The Labute approximate surface area is 120 Å². The molecule has 5 nitrogen and oxygen atoms in total. The molecule has 19 heavy (non-hydrogen) atoms. The van der Waals surface area contributed by atoms with Crippen LogP contribution in [0, 0.1) is 0 Å². The number of aromatic nitrogens is 2. The second kappa shape index (κ2) is 5.66. The summed E-state index contributed by atoms with van der Waals surface area (Å²) in [6.45, 7) is 0. The van der Waals surface area contributed by atoms with Crippen LogP contribution in [-0.2, 0) is 23.6 Å². The fourth-order valence-corrected chi connectivity index (χ4v) is 3.36. The van der Waals surface area contributed by atoms with Crippen LogP contribution in [0.25, 0.3) is 0 Å². The van der Waals surface area contributed by atoms with Gasteiger partial charge in [0.1, 0.15) is 0 Å². The number of halogens is 1. The van der Waals surface area contributed by atoms with Crippen molar-refractivity contribution in [3.8, 4) is 0 Å². The molecule has 1 atom stereocenters. The molecule has 0 aliphatic carbocycles. The fraction of sp³-hybridized carbons (Fsp3) is 0.167. The maximum absolute atomic E-state index is 12.3. The van der Waals surface area contributed by atoms with Gasteiger partial charge in [-0.3, -0.25) is 8.89 Å². The molecule has 7 heteroatoms. The largest absolute Gasteiger partial charge is 0.478 e. The van der Waals surface area contributed by atoms with Gasteiger partial charge < -0.3 is 5.11 Å². The van der Waals surface area contributed by atoms with Gasteiger partial charge in [-0.1, -0.05) is 15.9 Å². The van der Waals surface area contributed by atoms with Crippen molar-refractivity contribution in [2.24, 2.45) is 7.05 Å². The van der Waals surface area contributed by atoms with Crippen molar-refractivity contribution in [1.29, 1.82) is 0 Å². The molecular formula is C12H11BrN2O3S. The van der Waals surface area contributed by atoms with Crippen LogP contribution in [0.1, 0.15) is 16.1 Å². The third-order valence-corrected chi connectivity index (χ3v) is 4.35. The molecule has 1 aromatic heterocycles. The maximum atomic E-state index is 12.3. The first-order valence-electron chi connectivity index (χ1n) is 5.37. The third kappa shape index (κ3) is 3.30. The van der Waals surface area contributed by atoms with Crippen molar-refractivity contribution < 1.29 is 14.1 Å². The molecule has 2 rings (SSSR count). The molecule has 100 valence electrons. The Kier molecular flexibility index (Phi) is 4.16. The summed E-state index contributed by atoms with van der Waals surface area (Å²) in [5.41, 5.74) is 0.717. The zero-order chi connectivity index (χ0) is 14.0. The van der Waals surface area contributed by atoms with Gasteiger partial charge in [0.05, 0.1) is 32.7 Å². The average Bonchev–Trinajstić information content (AvgIpc) is 2.74. The summed E-state index contributed by atoms with van der Waals surface area (Å²) >= 11 is 3.26. The van der Waals surface area contributed by atoms with E-state index >= 15 is 0 Å². The highest BCUT2D eigenvalue weighted by molar-refractivity contribution is 9.10. The molecule has 1 aromatic carbocycles. The van der Waals surface area contributed by atoms with Crippen LogP contribution >= 0.6 is 15.9 Å². The SMILES string of the molecule is Cn1ccc(CS(=O)c2cc(Br)ccc2C(=O)O)n1. The number of hydrogen-bond donors (Lipinski definition) is 1. The molecule has 0 radical (unpaired) electrons. The van der Waals surface area contributed by atoms with E-state index in [0.29, 0.717) is 15.1 Å². The Balaban J connectivity index is 2.32. The van der Waals surface area contributed by atoms with Crippen molar-refractivity contribution in [3.63, 3.8) is 0 Å². The van der Waals surface area contributed by atoms with Gasteiger partial charge in [0, 0.05) is 17.7 Å². The number of hydrogen-bond acceptors (Lipinski definition) is 3. The summed E-state index contributed by atoms with van der Waals surface area (Å²) in [7, 11) is 0.322. The van der Waals surface area contributed by atoms with Crippen molar-refractivity contribution in [1.82, 2.24) is 9.78 Å². The molecule has 0 saturated carbocycles. The van der Waals surface area contributed by atoms with Gasteiger partial charge in [0.15, 0.2) is 0 Å². The first-order valence-corrected chi connectivity index (χ1v) is 7.48. The van der Waals surface area contributed by atoms with Crippen molar-refractivity contribution in [2.45, 2.75) is 10.6 Å². The van der Waals surface area contributed by atoms with E-state index in [4.69, 9.17) is 5.11 Å². The summed E-state index contributed by atoms with van der Waals surface area (Å²) in [5, 5.41) is 13.2. The molecule has 1 unspecified atom stereocenters. The van der Waals surface area contributed by atoms with E-state index < -0.39 is 16.8 Å². The quantitative estimate of drug-likeness (QED) is 0.924. The van der Waals surface area contributed by atoms with E-state index in [2.05, 4.69) is 21.0 Å². The minimum Gasteiger partial charge on any atom is -0.478 e. The van der Waals surface area contributed by atoms with Crippen LogP contribution in [0.15, 0.2) is 39.8 Å². The van der Waals surface area contributed by atoms with E-state index in [1.165, 1.54) is 6.07 Å². The second-order valence-corrected chi connectivity index (χ2v) is 6.25. The van der Waals surface area contributed by atoms with E-state index in [9.17, 15) is 9.00 Å². The highest BCUT2D eigenvalue weighted by atomic mass is 79.9. The first kappa shape index (κ1) is 14.0. The zero-order valence-corrected chi connectivity index (χ0v) is 12.4. The molecule has 0 spiro atoms. The zero-order valence-electron chi connectivity index (χ0n) is 10.0. The standard InChI is InChI=1S/C12H11BrN2O3S/c1-15-5-4-9(14-15)7-19(18)11-6-8(13)2-3-10(11)12(16)17/h2-6H,7H2,1H3,(H,16,17). The molecule has 0 aliphatic rings. The fourth-order valence-electron chi connectivity index (χ4n) is 1.61. The summed E-state index contributed by atoms with van der Waals surface area (Å²) in [4.78, 5) is 11.4. The Morgan fingerprint density at radius 2 is 2.21 bits per heavy atom. The van der Waals surface area contributed by atoms with Gasteiger partial charge in [-0.05, 0) is 24.3 Å². The molecule has 0 aliphatic heterocycles. The predicted molar refractivity (Wildman–Crippen MR) is 74.4 cm³/mol. The number of carboxylic acid groups (broad SMARTS) is 1. The highest BCUT2D eigenvalue weighted by Gasteiger charge is 2.16. The maximum Gasteiger partial charge on any atom is 0.336 e. The van der Waals surface area contributed by atoms with Crippen molar-refractivity contribution in [2.75, 3.05) is 0 Å². The molecule has 0 fully saturated rings. The minimum atomic E-state index is -1.45. The molecule has 1 heterocycles. The number of nitrogens with zero attached hydrogens (tertiary/aromatic N) is 2. The summed E-state index contributed by atoms with van der Waals surface area (Å²) in [5.74, 6) is -0.894. The molecular weight excluding hydrogens is 332 g/mol. The average molecular weight is 343 g/mol. The topological polar surface area (TPSA) is 72.2 Å². The smallest absolute Gasteiger partial charge is 0.336 e. The van der Waals surface area contributed by atoms with Gasteiger partial charge in [-0.2, -0.15) is 5.10 Å². The molecule has 0 saturated heterocycles. The van der Waals surface area contributed by atoms with Gasteiger partial charge in [0.2, 0.25) is 0 Å². The monoisotopic (exact) mass is 342 g/mol. The third-order valence-electron chi connectivity index (χ3n) is 2.47. The predicted octanol–water partition coefficient (Wildman–Crippen LogP) is 2.19. The Morgan fingerprint density at radius 3 is 2.79 bits per heavy atom. The number of rotatable bonds is 4. The first-order chi connectivity index (χ1) is 8.97. The summed E-state index contributed by atoms with van der Waals surface area (Å²) < 4.78 is 14.6. The van der Waals surface area contributed by atoms with E-state index in [-0.39, 0.29) is 11.3 Å². The van der Waals surface area contributed by atoms with Crippen LogP contribution in [0.5, 0.6) is 0 Å². The lowest BCUT2D eigenvalue weighted by molar-refractivity contribution is 0.0693. The van der Waals surface area contributed by atoms with E-state index in [1.54, 1.807) is 36.1 Å². The number of carbonyl (C=O) groups is 1. The van der Waals surface area contributed by atoms with Crippen LogP contribution in [0.3, 0.4) is 0 Å². The van der Waals surface area contributed by atoms with E-state index in [1.807, 2.05) is 0 Å². The lowest BCUT2D eigenvalue weighted by atomic mass is 10.2. The number of aryl methyl sites for hydroxylation is 1. The van der Waals surface area contributed by atoms with Crippen LogP contribution in [-0.4, -0.2) is 25.1 Å². The van der Waals surface area contributed by atoms with Crippen LogP contribution in [0.4, 0.5) is 0 Å². The van der Waals surface area contributed by atoms with Crippen molar-refractivity contribution in [3.05, 3.63) is 46.2 Å². The lowest BCUT2D eigenvalue weighted by Crippen LogP contribution is -2.06. The highest BCUT2D eigenvalue weighted by Crippen LogP contribution is 2.21. The number of aromatic carboxylic acids is 1. The second-order valence-electron chi connectivity index (χ2n) is 3.92. The van der Waals surface area contributed by atoms with Crippen molar-refractivity contribution >= 4 is 32.7 Å². The van der Waals surface area contributed by atoms with Gasteiger partial charge in [0.25, 0.3) is 0 Å². The number of carboxylic acids is 1. The Morgan fingerprint density at radius 1 is 1.47 bits per heavy atom. The van der Waals surface area contributed by atoms with Gasteiger partial charge in [-0.25, -0.2) is 4.79 Å².